The molecule has 1 N–H and O–H groups in total. The van der Waals surface area contributed by atoms with Crippen LogP contribution in [0.5, 0.6) is 0 Å². The predicted octanol–water partition coefficient (Wildman–Crippen LogP) is 1.87. The van der Waals surface area contributed by atoms with E-state index < -0.39 is 0 Å². The van der Waals surface area contributed by atoms with Gasteiger partial charge in [-0.25, -0.2) is 0 Å². The number of thiophene rings is 1. The Hall–Kier alpha value is -0.380. The molecule has 0 aliphatic rings. The van der Waals surface area contributed by atoms with Gasteiger partial charge in [0, 0.05) is 6.54 Å². The number of hydrogen-bond acceptors (Lipinski definition) is 3. The van der Waals surface area contributed by atoms with Gasteiger partial charge in [-0.05, 0) is 28.9 Å². The van der Waals surface area contributed by atoms with Gasteiger partial charge in [0.15, 0.2) is 0 Å². The molecule has 0 bridgehead atoms. The van der Waals surface area contributed by atoms with Crippen molar-refractivity contribution in [3.63, 3.8) is 0 Å². The third-order valence-electron chi connectivity index (χ3n) is 1.52. The molecule has 1 rings (SSSR count). The lowest BCUT2D eigenvalue weighted by Gasteiger charge is -2.02. The Labute approximate surface area is 77.6 Å². The van der Waals surface area contributed by atoms with Gasteiger partial charge in [-0.3, -0.25) is 0 Å². The van der Waals surface area contributed by atoms with Crippen molar-refractivity contribution >= 4 is 11.3 Å². The van der Waals surface area contributed by atoms with Crippen LogP contribution in [0.15, 0.2) is 16.8 Å². The Balaban J connectivity index is 1.96. The SMILES string of the molecule is CCNCCOCc1ccsc1. The molecule has 0 amide bonds. The first-order chi connectivity index (χ1) is 5.93. The van der Waals surface area contributed by atoms with E-state index in [0.29, 0.717) is 0 Å². The molecule has 0 unspecified atom stereocenters. The quantitative estimate of drug-likeness (QED) is 0.683. The Kier molecular flexibility index (Phi) is 4.99. The third-order valence-corrected chi connectivity index (χ3v) is 2.25. The largest absolute Gasteiger partial charge is 0.375 e. The van der Waals surface area contributed by atoms with Crippen LogP contribution >= 0.6 is 11.3 Å². The molecule has 0 aromatic carbocycles. The number of likely N-dealkylation sites (N-methyl/N-ethyl adjacent to an activating group) is 1. The highest BCUT2D eigenvalue weighted by Gasteiger charge is 1.91. The van der Waals surface area contributed by atoms with Crippen LogP contribution in [0.3, 0.4) is 0 Å². The maximum atomic E-state index is 5.42. The second kappa shape index (κ2) is 6.17. The molecule has 0 saturated heterocycles. The van der Waals surface area contributed by atoms with Crippen molar-refractivity contribution in [3.05, 3.63) is 22.4 Å². The van der Waals surface area contributed by atoms with E-state index in [9.17, 15) is 0 Å². The molecule has 0 atom stereocenters. The summed E-state index contributed by atoms with van der Waals surface area (Å²) in [5.74, 6) is 0. The minimum absolute atomic E-state index is 0.745. The van der Waals surface area contributed by atoms with Crippen molar-refractivity contribution in [2.24, 2.45) is 0 Å². The monoisotopic (exact) mass is 185 g/mol. The Morgan fingerprint density at radius 2 is 2.50 bits per heavy atom. The lowest BCUT2D eigenvalue weighted by molar-refractivity contribution is 0.123. The van der Waals surface area contributed by atoms with Gasteiger partial charge in [0.1, 0.15) is 0 Å². The van der Waals surface area contributed by atoms with E-state index >= 15 is 0 Å². The summed E-state index contributed by atoms with van der Waals surface area (Å²) < 4.78 is 5.42. The first-order valence-electron chi connectivity index (χ1n) is 4.23. The summed E-state index contributed by atoms with van der Waals surface area (Å²) in [7, 11) is 0. The Morgan fingerprint density at radius 3 is 3.17 bits per heavy atom. The molecule has 0 aliphatic carbocycles. The highest BCUT2D eigenvalue weighted by molar-refractivity contribution is 7.07. The van der Waals surface area contributed by atoms with Gasteiger partial charge in [-0.2, -0.15) is 11.3 Å². The van der Waals surface area contributed by atoms with Crippen LogP contribution in [0, 0.1) is 0 Å². The zero-order valence-corrected chi connectivity index (χ0v) is 8.19. The predicted molar refractivity (Wildman–Crippen MR) is 52.5 cm³/mol. The van der Waals surface area contributed by atoms with Crippen molar-refractivity contribution in [1.29, 1.82) is 0 Å². The van der Waals surface area contributed by atoms with Gasteiger partial charge in [0.2, 0.25) is 0 Å². The average molecular weight is 185 g/mol. The maximum Gasteiger partial charge on any atom is 0.0725 e. The molecule has 68 valence electrons. The number of hydrogen-bond donors (Lipinski definition) is 1. The van der Waals surface area contributed by atoms with Crippen LogP contribution in [-0.4, -0.2) is 19.7 Å². The molecule has 1 aromatic rings. The van der Waals surface area contributed by atoms with Crippen LogP contribution in [0.25, 0.3) is 0 Å². The first-order valence-corrected chi connectivity index (χ1v) is 5.17. The van der Waals surface area contributed by atoms with E-state index in [1.54, 1.807) is 11.3 Å². The normalized spacial score (nSPS) is 10.4. The van der Waals surface area contributed by atoms with Gasteiger partial charge in [0.05, 0.1) is 13.2 Å². The van der Waals surface area contributed by atoms with Crippen LogP contribution in [0.1, 0.15) is 12.5 Å². The molecule has 0 fully saturated rings. The molecule has 1 heterocycles. The van der Waals surface area contributed by atoms with Gasteiger partial charge < -0.3 is 10.1 Å². The average Bonchev–Trinajstić information content (AvgIpc) is 2.57. The van der Waals surface area contributed by atoms with Gasteiger partial charge >= 0.3 is 0 Å². The second-order valence-corrected chi connectivity index (χ2v) is 3.32. The van der Waals surface area contributed by atoms with Crippen molar-refractivity contribution in [1.82, 2.24) is 5.32 Å². The van der Waals surface area contributed by atoms with Gasteiger partial charge in [-0.1, -0.05) is 6.92 Å². The summed E-state index contributed by atoms with van der Waals surface area (Å²) in [4.78, 5) is 0. The maximum absolute atomic E-state index is 5.42. The fraction of sp³-hybridized carbons (Fsp3) is 0.556. The van der Waals surface area contributed by atoms with E-state index in [-0.39, 0.29) is 0 Å². The highest BCUT2D eigenvalue weighted by Crippen LogP contribution is 2.06. The van der Waals surface area contributed by atoms with E-state index in [4.69, 9.17) is 4.74 Å². The highest BCUT2D eigenvalue weighted by atomic mass is 32.1. The molecule has 0 spiro atoms. The summed E-state index contributed by atoms with van der Waals surface area (Å²) in [6.07, 6.45) is 0. The lowest BCUT2D eigenvalue weighted by Crippen LogP contribution is -2.18. The Bertz CT molecular complexity index is 186. The fourth-order valence-electron chi connectivity index (χ4n) is 0.886. The molecule has 0 aliphatic heterocycles. The molecule has 0 saturated carbocycles. The summed E-state index contributed by atoms with van der Waals surface area (Å²) in [5, 5.41) is 7.40. The molecule has 2 nitrogen and oxygen atoms in total. The standard InChI is InChI=1S/C9H15NOS/c1-2-10-4-5-11-7-9-3-6-12-8-9/h3,6,8,10H,2,4-5,7H2,1H3. The number of rotatable bonds is 6. The van der Waals surface area contributed by atoms with Crippen molar-refractivity contribution in [2.45, 2.75) is 13.5 Å². The zero-order chi connectivity index (χ0) is 8.65. The third kappa shape index (κ3) is 3.85. The van der Waals surface area contributed by atoms with Crippen molar-refractivity contribution < 1.29 is 4.74 Å². The Morgan fingerprint density at radius 1 is 1.58 bits per heavy atom. The molecule has 0 radical (unpaired) electrons. The van der Waals surface area contributed by atoms with Crippen LogP contribution in [-0.2, 0) is 11.3 Å². The molecular formula is C9H15NOS. The summed E-state index contributed by atoms with van der Waals surface area (Å²) in [6.45, 7) is 5.60. The minimum Gasteiger partial charge on any atom is -0.375 e. The summed E-state index contributed by atoms with van der Waals surface area (Å²) >= 11 is 1.71. The fourth-order valence-corrected chi connectivity index (χ4v) is 1.54. The summed E-state index contributed by atoms with van der Waals surface area (Å²) in [6, 6.07) is 2.10. The van der Waals surface area contributed by atoms with Crippen LogP contribution in [0.4, 0.5) is 0 Å². The lowest BCUT2D eigenvalue weighted by atomic mass is 10.4. The van der Waals surface area contributed by atoms with Crippen LogP contribution < -0.4 is 5.32 Å². The first kappa shape index (κ1) is 9.71. The minimum atomic E-state index is 0.745. The van der Waals surface area contributed by atoms with Crippen LogP contribution in [0.2, 0.25) is 0 Å². The zero-order valence-electron chi connectivity index (χ0n) is 7.38. The summed E-state index contributed by atoms with van der Waals surface area (Å²) in [5.41, 5.74) is 1.27. The smallest absolute Gasteiger partial charge is 0.0725 e. The van der Waals surface area contributed by atoms with E-state index in [0.717, 1.165) is 26.3 Å². The molecule has 3 heteroatoms. The van der Waals surface area contributed by atoms with E-state index in [1.807, 2.05) is 0 Å². The van der Waals surface area contributed by atoms with E-state index in [1.165, 1.54) is 5.56 Å². The second-order valence-electron chi connectivity index (χ2n) is 2.54. The topological polar surface area (TPSA) is 21.3 Å². The van der Waals surface area contributed by atoms with Crippen molar-refractivity contribution in [2.75, 3.05) is 19.7 Å². The van der Waals surface area contributed by atoms with Crippen molar-refractivity contribution in [3.8, 4) is 0 Å². The molecule has 12 heavy (non-hydrogen) atoms. The van der Waals surface area contributed by atoms with Gasteiger partial charge in [0.25, 0.3) is 0 Å². The van der Waals surface area contributed by atoms with E-state index in [2.05, 4.69) is 29.1 Å². The number of ether oxygens (including phenoxy) is 1. The van der Waals surface area contributed by atoms with Gasteiger partial charge in [-0.15, -0.1) is 0 Å². The molecule has 1 aromatic heterocycles. The molecular weight excluding hydrogens is 170 g/mol. The number of nitrogens with one attached hydrogen (secondary N) is 1.